The van der Waals surface area contributed by atoms with Crippen molar-refractivity contribution in [3.05, 3.63) is 35.2 Å². The summed E-state index contributed by atoms with van der Waals surface area (Å²) in [4.78, 5) is 0. The van der Waals surface area contributed by atoms with E-state index in [1.807, 2.05) is 12.1 Å². The number of hydrogen-bond acceptors (Lipinski definition) is 2. The summed E-state index contributed by atoms with van der Waals surface area (Å²) in [6.45, 7) is 6.89. The number of halogens is 1. The Bertz CT molecular complexity index is 283. The Labute approximate surface area is 93.5 Å². The highest BCUT2D eigenvalue weighted by Gasteiger charge is 2.15. The molecule has 1 rings (SSSR count). The molecule has 1 heterocycles. The normalized spacial score (nSPS) is 12.7. The number of furan rings is 1. The lowest BCUT2D eigenvalue weighted by Gasteiger charge is -2.14. The van der Waals surface area contributed by atoms with Crippen LogP contribution in [0.15, 0.2) is 33.9 Å². The van der Waals surface area contributed by atoms with Crippen LogP contribution in [0.25, 0.3) is 0 Å². The maximum Gasteiger partial charge on any atom is 0.135 e. The molecule has 1 aromatic rings. The lowest BCUT2D eigenvalue weighted by atomic mass is 10.1. The molecular weight excluding hydrogens is 242 g/mol. The second-order valence-electron chi connectivity index (χ2n) is 3.16. The van der Waals surface area contributed by atoms with E-state index < -0.39 is 0 Å². The van der Waals surface area contributed by atoms with E-state index in [0.29, 0.717) is 0 Å². The monoisotopic (exact) mass is 257 g/mol. The molecule has 0 amide bonds. The highest BCUT2D eigenvalue weighted by atomic mass is 79.9. The molecule has 1 unspecified atom stereocenters. The van der Waals surface area contributed by atoms with Gasteiger partial charge in [-0.3, -0.25) is 0 Å². The van der Waals surface area contributed by atoms with Gasteiger partial charge in [0.15, 0.2) is 0 Å². The van der Waals surface area contributed by atoms with Gasteiger partial charge in [0.2, 0.25) is 0 Å². The number of nitrogens with one attached hydrogen (secondary N) is 1. The van der Waals surface area contributed by atoms with Gasteiger partial charge in [0.25, 0.3) is 0 Å². The summed E-state index contributed by atoms with van der Waals surface area (Å²) in [6, 6.07) is 2.15. The van der Waals surface area contributed by atoms with Gasteiger partial charge in [0.1, 0.15) is 5.76 Å². The zero-order chi connectivity index (χ0) is 10.4. The molecule has 0 fully saturated rings. The summed E-state index contributed by atoms with van der Waals surface area (Å²) in [5.74, 6) is 0.957. The molecule has 0 aliphatic rings. The summed E-state index contributed by atoms with van der Waals surface area (Å²) in [7, 11) is 0. The van der Waals surface area contributed by atoms with Crippen LogP contribution in [0.2, 0.25) is 0 Å². The van der Waals surface area contributed by atoms with Gasteiger partial charge >= 0.3 is 0 Å². The lowest BCUT2D eigenvalue weighted by molar-refractivity contribution is 0.412. The topological polar surface area (TPSA) is 25.2 Å². The van der Waals surface area contributed by atoms with Crippen LogP contribution in [0.4, 0.5) is 0 Å². The van der Waals surface area contributed by atoms with E-state index in [0.717, 1.165) is 29.6 Å². The fourth-order valence-electron chi connectivity index (χ4n) is 1.32. The van der Waals surface area contributed by atoms with Crippen molar-refractivity contribution in [1.82, 2.24) is 5.32 Å². The highest BCUT2D eigenvalue weighted by Crippen LogP contribution is 2.26. The Balaban J connectivity index is 2.66. The highest BCUT2D eigenvalue weighted by molar-refractivity contribution is 9.10. The summed E-state index contributed by atoms with van der Waals surface area (Å²) in [5, 5.41) is 3.42. The molecule has 3 heteroatoms. The Hall–Kier alpha value is -0.540. The van der Waals surface area contributed by atoms with Crippen molar-refractivity contribution in [1.29, 1.82) is 0 Å². The van der Waals surface area contributed by atoms with Gasteiger partial charge in [-0.2, -0.15) is 0 Å². The zero-order valence-corrected chi connectivity index (χ0v) is 10.0. The van der Waals surface area contributed by atoms with E-state index in [4.69, 9.17) is 4.42 Å². The van der Waals surface area contributed by atoms with E-state index in [1.54, 1.807) is 6.26 Å². The van der Waals surface area contributed by atoms with E-state index in [1.165, 1.54) is 0 Å². The summed E-state index contributed by atoms with van der Waals surface area (Å²) in [6.07, 6.45) is 5.60. The maximum atomic E-state index is 5.42. The zero-order valence-electron chi connectivity index (χ0n) is 8.42. The van der Waals surface area contributed by atoms with Crippen molar-refractivity contribution < 1.29 is 4.42 Å². The van der Waals surface area contributed by atoms with Gasteiger partial charge < -0.3 is 9.73 Å². The summed E-state index contributed by atoms with van der Waals surface area (Å²) in [5.41, 5.74) is 0. The largest absolute Gasteiger partial charge is 0.466 e. The molecule has 2 nitrogen and oxygen atoms in total. The standard InChI is InChI=1S/C11H16BrNO/c1-3-5-10(13-7-4-2)11-9(12)6-8-14-11/h3,6,8,10,13H,1,4-5,7H2,2H3. The van der Waals surface area contributed by atoms with E-state index in [9.17, 15) is 0 Å². The average molecular weight is 258 g/mol. The lowest BCUT2D eigenvalue weighted by Crippen LogP contribution is -2.21. The van der Waals surface area contributed by atoms with Crippen LogP contribution in [-0.2, 0) is 0 Å². The van der Waals surface area contributed by atoms with Crippen LogP contribution in [0.3, 0.4) is 0 Å². The van der Waals surface area contributed by atoms with Crippen LogP contribution >= 0.6 is 15.9 Å². The van der Waals surface area contributed by atoms with Crippen molar-refractivity contribution in [2.45, 2.75) is 25.8 Å². The molecule has 0 aliphatic carbocycles. The van der Waals surface area contributed by atoms with Crippen LogP contribution in [-0.4, -0.2) is 6.54 Å². The van der Waals surface area contributed by atoms with Crippen molar-refractivity contribution in [3.63, 3.8) is 0 Å². The van der Waals surface area contributed by atoms with E-state index >= 15 is 0 Å². The van der Waals surface area contributed by atoms with Gasteiger partial charge in [0.05, 0.1) is 16.8 Å². The van der Waals surface area contributed by atoms with Crippen molar-refractivity contribution in [2.24, 2.45) is 0 Å². The molecule has 14 heavy (non-hydrogen) atoms. The van der Waals surface area contributed by atoms with Crippen LogP contribution in [0.5, 0.6) is 0 Å². The molecular formula is C11H16BrNO. The minimum Gasteiger partial charge on any atom is -0.466 e. The molecule has 78 valence electrons. The predicted molar refractivity (Wildman–Crippen MR) is 62.3 cm³/mol. The van der Waals surface area contributed by atoms with Gasteiger partial charge in [-0.05, 0) is 41.4 Å². The molecule has 0 radical (unpaired) electrons. The molecule has 0 aliphatic heterocycles. The molecule has 1 aromatic heterocycles. The molecule has 0 saturated carbocycles. The minimum atomic E-state index is 0.233. The van der Waals surface area contributed by atoms with Crippen molar-refractivity contribution in [3.8, 4) is 0 Å². The van der Waals surface area contributed by atoms with Crippen molar-refractivity contribution >= 4 is 15.9 Å². The minimum absolute atomic E-state index is 0.233. The van der Waals surface area contributed by atoms with Crippen LogP contribution in [0.1, 0.15) is 31.6 Å². The maximum absolute atomic E-state index is 5.42. The molecule has 0 bridgehead atoms. The molecule has 1 N–H and O–H groups in total. The number of rotatable bonds is 6. The molecule has 0 spiro atoms. The van der Waals surface area contributed by atoms with Crippen molar-refractivity contribution in [2.75, 3.05) is 6.54 Å². The van der Waals surface area contributed by atoms with Gasteiger partial charge in [-0.15, -0.1) is 6.58 Å². The number of hydrogen-bond donors (Lipinski definition) is 1. The van der Waals surface area contributed by atoms with Crippen LogP contribution < -0.4 is 5.32 Å². The summed E-state index contributed by atoms with van der Waals surface area (Å²) >= 11 is 3.46. The van der Waals surface area contributed by atoms with E-state index in [2.05, 4.69) is 34.7 Å². The van der Waals surface area contributed by atoms with Gasteiger partial charge in [-0.1, -0.05) is 13.0 Å². The third-order valence-electron chi connectivity index (χ3n) is 2.00. The average Bonchev–Trinajstić information content (AvgIpc) is 2.59. The fourth-order valence-corrected chi connectivity index (χ4v) is 1.80. The molecule has 1 atom stereocenters. The first-order valence-electron chi connectivity index (χ1n) is 4.86. The Morgan fingerprint density at radius 2 is 2.50 bits per heavy atom. The second kappa shape index (κ2) is 6.04. The molecule has 0 aromatic carbocycles. The smallest absolute Gasteiger partial charge is 0.135 e. The first-order chi connectivity index (χ1) is 6.79. The third kappa shape index (κ3) is 3.00. The predicted octanol–water partition coefficient (Wildman–Crippen LogP) is 3.66. The third-order valence-corrected chi connectivity index (χ3v) is 2.66. The second-order valence-corrected chi connectivity index (χ2v) is 4.02. The van der Waals surface area contributed by atoms with Crippen LogP contribution in [0, 0.1) is 0 Å². The fraction of sp³-hybridized carbons (Fsp3) is 0.455. The first-order valence-corrected chi connectivity index (χ1v) is 5.66. The summed E-state index contributed by atoms with van der Waals surface area (Å²) < 4.78 is 6.44. The Morgan fingerprint density at radius 3 is 3.00 bits per heavy atom. The Morgan fingerprint density at radius 1 is 1.71 bits per heavy atom. The van der Waals surface area contributed by atoms with Gasteiger partial charge in [-0.25, -0.2) is 0 Å². The quantitative estimate of drug-likeness (QED) is 0.788. The van der Waals surface area contributed by atoms with Gasteiger partial charge in [0, 0.05) is 0 Å². The first kappa shape index (κ1) is 11.5. The molecule has 0 saturated heterocycles. The Kier molecular flexibility index (Phi) is 4.98. The SMILES string of the molecule is C=CCC(NCCC)c1occc1Br. The van der Waals surface area contributed by atoms with E-state index in [-0.39, 0.29) is 6.04 Å².